The Morgan fingerprint density at radius 3 is 2.43 bits per heavy atom. The molecule has 2 rings (SSSR count). The van der Waals surface area contributed by atoms with Crippen LogP contribution in [0.4, 0.5) is 0 Å². The second-order valence-corrected chi connectivity index (χ2v) is 3.53. The van der Waals surface area contributed by atoms with Crippen LogP contribution < -0.4 is 0 Å². The third-order valence-electron chi connectivity index (χ3n) is 1.51. The highest BCUT2D eigenvalue weighted by atomic mass is 35.7. The average Bonchev–Trinajstić information content (AvgIpc) is 2.17. The van der Waals surface area contributed by atoms with Crippen LogP contribution >= 0.6 is 10.7 Å². The van der Waals surface area contributed by atoms with E-state index in [1.165, 1.54) is 5.39 Å². The molecule has 0 N–H and O–H groups in total. The van der Waals surface area contributed by atoms with Crippen LogP contribution in [-0.2, 0) is 10.3 Å². The van der Waals surface area contributed by atoms with Crippen LogP contribution in [0.1, 0.15) is 0 Å². The summed E-state index contributed by atoms with van der Waals surface area (Å²) < 4.78 is 17.5. The van der Waals surface area contributed by atoms with Gasteiger partial charge in [-0.1, -0.05) is 24.3 Å². The second-order valence-electron chi connectivity index (χ2n) is 2.39. The zero-order chi connectivity index (χ0) is 10.4. The summed E-state index contributed by atoms with van der Waals surface area (Å²) in [6, 6.07) is 12.1. The van der Waals surface area contributed by atoms with E-state index < -0.39 is 10.3 Å². The highest BCUT2D eigenvalue weighted by Crippen LogP contribution is 2.07. The maximum absolute atomic E-state index is 8.77. The first kappa shape index (κ1) is 11.1. The summed E-state index contributed by atoms with van der Waals surface area (Å²) in [4.78, 5) is 4.18. The summed E-state index contributed by atoms with van der Waals surface area (Å²) in [5, 5.41) is 1.20. The van der Waals surface area contributed by atoms with Gasteiger partial charge in [0.15, 0.2) is 0 Å². The molecule has 1 unspecified atom stereocenters. The molecule has 1 atom stereocenters. The predicted molar refractivity (Wildman–Crippen MR) is 56.5 cm³/mol. The number of rotatable bonds is 0. The molecule has 1 aromatic carbocycles. The minimum Gasteiger partial charge on any atom is -0.760 e. The standard InChI is InChI=1S/C9H7N.ClHO2S/c1-2-6-9-8(4-1)5-3-7-10-9;1-4(2)3/h1-7H;(H,2,3)/p-1. The van der Waals surface area contributed by atoms with Gasteiger partial charge in [-0.2, -0.15) is 0 Å². The van der Waals surface area contributed by atoms with Crippen molar-refractivity contribution in [3.05, 3.63) is 42.6 Å². The normalized spacial score (nSPS) is 11.6. The van der Waals surface area contributed by atoms with Crippen molar-refractivity contribution >= 4 is 31.9 Å². The van der Waals surface area contributed by atoms with Gasteiger partial charge in [0.2, 0.25) is 0 Å². The minimum absolute atomic E-state index is 1.06. The summed E-state index contributed by atoms with van der Waals surface area (Å²) >= 11 is 0. The lowest BCUT2D eigenvalue weighted by Crippen LogP contribution is -1.73. The summed E-state index contributed by atoms with van der Waals surface area (Å²) in [5.74, 6) is 0. The fourth-order valence-electron chi connectivity index (χ4n) is 1.02. The number of pyridine rings is 1. The second kappa shape index (κ2) is 5.70. The Hall–Kier alpha value is -0.970. The Morgan fingerprint density at radius 1 is 1.21 bits per heavy atom. The van der Waals surface area contributed by atoms with Crippen LogP contribution in [0, 0.1) is 0 Å². The maximum atomic E-state index is 8.77. The largest absolute Gasteiger partial charge is 0.760 e. The van der Waals surface area contributed by atoms with Crippen molar-refractivity contribution < 1.29 is 8.76 Å². The van der Waals surface area contributed by atoms with E-state index in [1.807, 2.05) is 30.5 Å². The number of fused-ring (bicyclic) bond motifs is 1. The molecular weight excluding hydrogens is 222 g/mol. The summed E-state index contributed by atoms with van der Waals surface area (Å²) in [6.45, 7) is 0. The number of hydrogen-bond donors (Lipinski definition) is 0. The molecule has 5 heteroatoms. The topological polar surface area (TPSA) is 53.0 Å². The molecule has 0 saturated heterocycles. The van der Waals surface area contributed by atoms with Gasteiger partial charge in [0.05, 0.1) is 5.52 Å². The van der Waals surface area contributed by atoms with E-state index in [-0.39, 0.29) is 0 Å². The molecule has 1 aromatic heterocycles. The van der Waals surface area contributed by atoms with E-state index in [4.69, 9.17) is 8.76 Å². The highest BCUT2D eigenvalue weighted by molar-refractivity contribution is 8.03. The average molecular weight is 229 g/mol. The van der Waals surface area contributed by atoms with Crippen molar-refractivity contribution in [2.75, 3.05) is 0 Å². The van der Waals surface area contributed by atoms with Gasteiger partial charge in [0.1, 0.15) is 0 Å². The molecule has 0 bridgehead atoms. The number of hydrogen-bond acceptors (Lipinski definition) is 3. The van der Waals surface area contributed by atoms with Crippen molar-refractivity contribution in [3.8, 4) is 0 Å². The molecule has 0 amide bonds. The molecule has 0 spiro atoms. The van der Waals surface area contributed by atoms with Gasteiger partial charge in [-0.3, -0.25) is 9.19 Å². The quantitative estimate of drug-likeness (QED) is 0.513. The molecule has 0 radical (unpaired) electrons. The number of nitrogens with zero attached hydrogens (tertiary/aromatic N) is 1. The van der Waals surface area contributed by atoms with Crippen molar-refractivity contribution in [2.45, 2.75) is 0 Å². The molecule has 0 aliphatic rings. The van der Waals surface area contributed by atoms with Crippen molar-refractivity contribution in [1.82, 2.24) is 4.98 Å². The lowest BCUT2D eigenvalue weighted by atomic mass is 10.2. The lowest BCUT2D eigenvalue weighted by molar-refractivity contribution is 0.552. The third kappa shape index (κ3) is 3.83. The Labute approximate surface area is 88.5 Å². The van der Waals surface area contributed by atoms with Crippen LogP contribution in [-0.4, -0.2) is 13.7 Å². The van der Waals surface area contributed by atoms with Gasteiger partial charge in [-0.05, 0) is 22.8 Å². The van der Waals surface area contributed by atoms with Crippen LogP contribution in [0.5, 0.6) is 0 Å². The zero-order valence-corrected chi connectivity index (χ0v) is 8.66. The summed E-state index contributed by atoms with van der Waals surface area (Å²) in [5.41, 5.74) is 1.06. The lowest BCUT2D eigenvalue weighted by Gasteiger charge is -1.91. The molecule has 0 aliphatic carbocycles. The zero-order valence-electron chi connectivity index (χ0n) is 7.09. The summed E-state index contributed by atoms with van der Waals surface area (Å²) in [7, 11) is 1.80. The number of halogens is 1. The predicted octanol–water partition coefficient (Wildman–Crippen LogP) is 2.25. The number of aromatic nitrogens is 1. The van der Waals surface area contributed by atoms with E-state index >= 15 is 0 Å². The van der Waals surface area contributed by atoms with Crippen LogP contribution in [0.2, 0.25) is 0 Å². The summed E-state index contributed by atoms with van der Waals surface area (Å²) in [6.07, 6.45) is 1.81. The highest BCUT2D eigenvalue weighted by Gasteiger charge is 1.86. The smallest absolute Gasteiger partial charge is 0.0701 e. The number of para-hydroxylation sites is 1. The molecular formula is C9H7ClNO2S-. The van der Waals surface area contributed by atoms with Crippen molar-refractivity contribution in [2.24, 2.45) is 0 Å². The first-order valence-corrected chi connectivity index (χ1v) is 5.65. The van der Waals surface area contributed by atoms with Gasteiger partial charge in [0.25, 0.3) is 0 Å². The van der Waals surface area contributed by atoms with Gasteiger partial charge in [-0.15, -0.1) is 0 Å². The first-order valence-electron chi connectivity index (χ1n) is 3.75. The Bertz CT molecular complexity index is 366. The van der Waals surface area contributed by atoms with Crippen LogP contribution in [0.15, 0.2) is 42.6 Å². The van der Waals surface area contributed by atoms with Gasteiger partial charge in [-0.25, -0.2) is 0 Å². The molecule has 0 fully saturated rings. The molecule has 3 nitrogen and oxygen atoms in total. The van der Waals surface area contributed by atoms with E-state index in [9.17, 15) is 0 Å². The molecule has 14 heavy (non-hydrogen) atoms. The molecule has 0 aliphatic heterocycles. The monoisotopic (exact) mass is 228 g/mol. The van der Waals surface area contributed by atoms with Gasteiger partial charge in [0, 0.05) is 21.9 Å². The first-order chi connectivity index (χ1) is 6.70. The van der Waals surface area contributed by atoms with E-state index in [1.54, 1.807) is 0 Å². The van der Waals surface area contributed by atoms with Crippen molar-refractivity contribution in [3.63, 3.8) is 0 Å². The Kier molecular flexibility index (Phi) is 4.52. The fraction of sp³-hybridized carbons (Fsp3) is 0. The van der Waals surface area contributed by atoms with E-state index in [2.05, 4.69) is 27.8 Å². The third-order valence-corrected chi connectivity index (χ3v) is 1.51. The van der Waals surface area contributed by atoms with Crippen LogP contribution in [0.25, 0.3) is 10.9 Å². The van der Waals surface area contributed by atoms with Crippen molar-refractivity contribution in [1.29, 1.82) is 0 Å². The van der Waals surface area contributed by atoms with E-state index in [0.717, 1.165) is 5.52 Å². The molecule has 1 heterocycles. The Balaban J connectivity index is 0.000000213. The Morgan fingerprint density at radius 2 is 1.79 bits per heavy atom. The van der Waals surface area contributed by atoms with E-state index in [0.29, 0.717) is 0 Å². The number of benzene rings is 1. The minimum atomic E-state index is -2.39. The SMILES string of the molecule is O=S([O-])Cl.c1ccc2ncccc2c1. The molecule has 0 saturated carbocycles. The van der Waals surface area contributed by atoms with Gasteiger partial charge < -0.3 is 4.55 Å². The van der Waals surface area contributed by atoms with Crippen LogP contribution in [0.3, 0.4) is 0 Å². The fourth-order valence-corrected chi connectivity index (χ4v) is 1.02. The molecule has 74 valence electrons. The van der Waals surface area contributed by atoms with Gasteiger partial charge >= 0.3 is 0 Å². The maximum Gasteiger partial charge on any atom is 0.0701 e. The molecule has 2 aromatic rings.